The third-order valence-corrected chi connectivity index (χ3v) is 5.74. The summed E-state index contributed by atoms with van der Waals surface area (Å²) in [6.07, 6.45) is 1.76. The fourth-order valence-corrected chi connectivity index (χ4v) is 4.08. The molecule has 29 heavy (non-hydrogen) atoms. The molecule has 0 fully saturated rings. The lowest BCUT2D eigenvalue weighted by atomic mass is 10.0. The fraction of sp³-hybridized carbons (Fsp3) is 0.318. The second kappa shape index (κ2) is 9.60. The fourth-order valence-electron chi connectivity index (χ4n) is 3.28. The smallest absolute Gasteiger partial charge is 0.234 e. The summed E-state index contributed by atoms with van der Waals surface area (Å²) in [6, 6.07) is 13.8. The third kappa shape index (κ3) is 4.79. The third-order valence-electron chi connectivity index (χ3n) is 4.77. The molecule has 2 aromatic carbocycles. The zero-order chi connectivity index (χ0) is 20.8. The zero-order valence-corrected chi connectivity index (χ0v) is 17.9. The summed E-state index contributed by atoms with van der Waals surface area (Å²) >= 11 is 1.39. The Labute approximate surface area is 175 Å². The van der Waals surface area contributed by atoms with Crippen LogP contribution in [0.25, 0.3) is 11.4 Å². The normalized spacial score (nSPS) is 10.9. The number of nitrogens with zero attached hydrogens (tertiary/aromatic N) is 3. The largest absolute Gasteiger partial charge is 0.399 e. The van der Waals surface area contributed by atoms with Crippen molar-refractivity contribution in [3.63, 3.8) is 0 Å². The maximum absolute atomic E-state index is 12.6. The average Bonchev–Trinajstić information content (AvgIpc) is 3.15. The van der Waals surface area contributed by atoms with E-state index < -0.39 is 0 Å². The van der Waals surface area contributed by atoms with E-state index in [9.17, 15) is 4.79 Å². The minimum Gasteiger partial charge on any atom is -0.399 e. The van der Waals surface area contributed by atoms with Crippen LogP contribution in [-0.2, 0) is 24.2 Å². The minimum absolute atomic E-state index is 0.0400. The van der Waals surface area contributed by atoms with Crippen LogP contribution >= 0.6 is 11.8 Å². The van der Waals surface area contributed by atoms with E-state index in [0.717, 1.165) is 46.2 Å². The van der Waals surface area contributed by atoms with Crippen LogP contribution in [0, 0.1) is 0 Å². The molecule has 0 saturated heterocycles. The molecule has 3 aromatic rings. The van der Waals surface area contributed by atoms with Crippen LogP contribution in [0.15, 0.2) is 47.6 Å². The maximum Gasteiger partial charge on any atom is 0.234 e. The van der Waals surface area contributed by atoms with Crippen LogP contribution in [0.2, 0.25) is 0 Å². The monoisotopic (exact) mass is 409 g/mol. The molecule has 0 aliphatic carbocycles. The van der Waals surface area contributed by atoms with Crippen LogP contribution in [-0.4, -0.2) is 26.4 Å². The number of nitrogens with one attached hydrogen (secondary N) is 1. The van der Waals surface area contributed by atoms with E-state index in [0.29, 0.717) is 12.2 Å². The number of aryl methyl sites for hydroxylation is 2. The van der Waals surface area contributed by atoms with Gasteiger partial charge in [-0.15, -0.1) is 10.2 Å². The number of thioether (sulfide) groups is 1. The van der Waals surface area contributed by atoms with Gasteiger partial charge in [0.15, 0.2) is 11.0 Å². The van der Waals surface area contributed by atoms with Crippen molar-refractivity contribution in [2.45, 2.75) is 45.3 Å². The van der Waals surface area contributed by atoms with Gasteiger partial charge < -0.3 is 15.6 Å². The number of carbonyl (C=O) groups is 1. The van der Waals surface area contributed by atoms with E-state index >= 15 is 0 Å². The molecule has 0 aliphatic rings. The van der Waals surface area contributed by atoms with Gasteiger partial charge in [0.1, 0.15) is 0 Å². The number of amides is 1. The van der Waals surface area contributed by atoms with E-state index in [1.54, 1.807) is 0 Å². The second-order valence-corrected chi connectivity index (χ2v) is 7.61. The number of carbonyl (C=O) groups excluding carboxylic acids is 1. The summed E-state index contributed by atoms with van der Waals surface area (Å²) in [6.45, 7) is 6.94. The van der Waals surface area contributed by atoms with E-state index in [-0.39, 0.29) is 11.7 Å². The standard InChI is InChI=1S/C22H27N5OS/c1-4-15-9-7-10-16(5-2)20(15)24-19(28)14-29-22-26-25-21(27(22)6-3)17-11-8-12-18(23)13-17/h7-13H,4-6,14,23H2,1-3H3,(H,24,28). The van der Waals surface area contributed by atoms with Crippen LogP contribution < -0.4 is 11.1 Å². The van der Waals surface area contributed by atoms with E-state index in [1.165, 1.54) is 11.8 Å². The second-order valence-electron chi connectivity index (χ2n) is 6.67. The van der Waals surface area contributed by atoms with Gasteiger partial charge in [0.25, 0.3) is 0 Å². The van der Waals surface area contributed by atoms with Crippen molar-refractivity contribution in [2.24, 2.45) is 0 Å². The van der Waals surface area contributed by atoms with E-state index in [1.807, 2.05) is 41.8 Å². The Bertz CT molecular complexity index is 976. The van der Waals surface area contributed by atoms with Gasteiger partial charge in [-0.25, -0.2) is 0 Å². The predicted molar refractivity (Wildman–Crippen MR) is 120 cm³/mol. The first-order valence-electron chi connectivity index (χ1n) is 9.89. The van der Waals surface area contributed by atoms with Crippen molar-refractivity contribution in [2.75, 3.05) is 16.8 Å². The number of nitrogen functional groups attached to an aromatic ring is 1. The van der Waals surface area contributed by atoms with Gasteiger partial charge in [0.05, 0.1) is 5.75 Å². The summed E-state index contributed by atoms with van der Waals surface area (Å²) in [5.74, 6) is 0.991. The number of aromatic nitrogens is 3. The molecule has 0 radical (unpaired) electrons. The summed E-state index contributed by atoms with van der Waals surface area (Å²) in [4.78, 5) is 12.6. The number of nitrogens with two attached hydrogens (primary N) is 1. The summed E-state index contributed by atoms with van der Waals surface area (Å²) in [7, 11) is 0. The van der Waals surface area contributed by atoms with Gasteiger partial charge in [-0.1, -0.05) is 55.9 Å². The lowest BCUT2D eigenvalue weighted by Crippen LogP contribution is -2.17. The molecule has 0 unspecified atom stereocenters. The Hall–Kier alpha value is -2.80. The molecule has 1 heterocycles. The SMILES string of the molecule is CCc1cccc(CC)c1NC(=O)CSc1nnc(-c2cccc(N)c2)n1CC. The molecule has 0 atom stereocenters. The average molecular weight is 410 g/mol. The van der Waals surface area contributed by atoms with Crippen LogP contribution in [0.3, 0.4) is 0 Å². The lowest BCUT2D eigenvalue weighted by Gasteiger charge is -2.14. The minimum atomic E-state index is -0.0400. The number of para-hydroxylation sites is 1. The quantitative estimate of drug-likeness (QED) is 0.425. The summed E-state index contributed by atoms with van der Waals surface area (Å²) < 4.78 is 2.00. The zero-order valence-electron chi connectivity index (χ0n) is 17.1. The molecule has 0 aliphatic heterocycles. The Kier molecular flexibility index (Phi) is 6.93. The van der Waals surface area contributed by atoms with Crippen molar-refractivity contribution in [3.05, 3.63) is 53.6 Å². The molecule has 3 N–H and O–H groups in total. The van der Waals surface area contributed by atoms with Crippen molar-refractivity contribution in [1.29, 1.82) is 0 Å². The van der Waals surface area contributed by atoms with Gasteiger partial charge in [0.2, 0.25) is 5.91 Å². The van der Waals surface area contributed by atoms with Crippen LogP contribution in [0.4, 0.5) is 11.4 Å². The molecule has 0 bridgehead atoms. The van der Waals surface area contributed by atoms with E-state index in [4.69, 9.17) is 5.73 Å². The predicted octanol–water partition coefficient (Wildman–Crippen LogP) is 4.40. The molecular formula is C22H27N5OS. The van der Waals surface area contributed by atoms with Crippen molar-refractivity contribution in [1.82, 2.24) is 14.8 Å². The van der Waals surface area contributed by atoms with Crippen molar-refractivity contribution < 1.29 is 4.79 Å². The molecule has 6 nitrogen and oxygen atoms in total. The van der Waals surface area contributed by atoms with Crippen molar-refractivity contribution in [3.8, 4) is 11.4 Å². The van der Waals surface area contributed by atoms with Gasteiger partial charge in [-0.2, -0.15) is 0 Å². The highest BCUT2D eigenvalue weighted by Gasteiger charge is 2.16. The number of anilines is 2. The number of hydrogen-bond acceptors (Lipinski definition) is 5. The molecule has 152 valence electrons. The Morgan fingerprint density at radius 1 is 1.07 bits per heavy atom. The highest BCUT2D eigenvalue weighted by molar-refractivity contribution is 7.99. The molecule has 1 aromatic heterocycles. The van der Waals surface area contributed by atoms with Crippen LogP contribution in [0.1, 0.15) is 31.9 Å². The first kappa shape index (κ1) is 20.9. The Morgan fingerprint density at radius 3 is 2.38 bits per heavy atom. The first-order chi connectivity index (χ1) is 14.1. The van der Waals surface area contributed by atoms with Crippen molar-refractivity contribution >= 4 is 29.0 Å². The molecular weight excluding hydrogens is 382 g/mol. The number of hydrogen-bond donors (Lipinski definition) is 2. The Morgan fingerprint density at radius 2 is 1.76 bits per heavy atom. The summed E-state index contributed by atoms with van der Waals surface area (Å²) in [5, 5.41) is 12.4. The van der Waals surface area contributed by atoms with Gasteiger partial charge in [-0.05, 0) is 43.0 Å². The highest BCUT2D eigenvalue weighted by atomic mass is 32.2. The number of benzene rings is 2. The van der Waals surface area contributed by atoms with Gasteiger partial charge in [-0.3, -0.25) is 4.79 Å². The molecule has 3 rings (SSSR count). The van der Waals surface area contributed by atoms with Gasteiger partial charge in [0, 0.05) is 23.5 Å². The molecule has 0 saturated carbocycles. The maximum atomic E-state index is 12.6. The summed E-state index contributed by atoms with van der Waals surface area (Å²) in [5.41, 5.74) is 10.8. The Balaban J connectivity index is 1.73. The molecule has 7 heteroatoms. The topological polar surface area (TPSA) is 85.8 Å². The molecule has 1 amide bonds. The lowest BCUT2D eigenvalue weighted by molar-refractivity contribution is -0.113. The highest BCUT2D eigenvalue weighted by Crippen LogP contribution is 2.26. The number of rotatable bonds is 8. The molecule has 0 spiro atoms. The van der Waals surface area contributed by atoms with Gasteiger partial charge >= 0.3 is 0 Å². The van der Waals surface area contributed by atoms with Crippen LogP contribution in [0.5, 0.6) is 0 Å². The first-order valence-corrected chi connectivity index (χ1v) is 10.9. The van der Waals surface area contributed by atoms with E-state index in [2.05, 4.69) is 41.5 Å².